The SMILES string of the molecule is CCc1nc2c(C(O)C3CCCN3)cccc2cc1C.Cl.Cl. The summed E-state index contributed by atoms with van der Waals surface area (Å²) in [6.07, 6.45) is 2.62. The fourth-order valence-corrected chi connectivity index (χ4v) is 3.16. The van der Waals surface area contributed by atoms with E-state index in [2.05, 4.69) is 31.3 Å². The number of aliphatic hydroxyl groups is 1. The second-order valence-corrected chi connectivity index (χ2v) is 5.67. The number of fused-ring (bicyclic) bond motifs is 1. The molecule has 2 unspecified atom stereocenters. The number of rotatable bonds is 3. The van der Waals surface area contributed by atoms with E-state index < -0.39 is 6.10 Å². The molecule has 1 saturated heterocycles. The fraction of sp³-hybridized carbons (Fsp3) is 0.471. The van der Waals surface area contributed by atoms with E-state index in [1.54, 1.807) is 0 Å². The standard InChI is InChI=1S/C17H22N2O.2ClH/c1-3-14-11(2)10-12-6-4-7-13(16(12)19-14)17(20)15-8-5-9-18-15;;/h4,6-7,10,15,17-18,20H,3,5,8-9H2,1-2H3;2*1H. The highest BCUT2D eigenvalue weighted by Crippen LogP contribution is 2.29. The lowest BCUT2D eigenvalue weighted by atomic mass is 9.97. The largest absolute Gasteiger partial charge is 0.387 e. The molecule has 0 aliphatic carbocycles. The Labute approximate surface area is 144 Å². The Hall–Kier alpha value is -0.870. The third-order valence-corrected chi connectivity index (χ3v) is 4.31. The first-order valence-electron chi connectivity index (χ1n) is 7.51. The maximum absolute atomic E-state index is 10.6. The number of pyridine rings is 1. The summed E-state index contributed by atoms with van der Waals surface area (Å²) in [5.41, 5.74) is 4.26. The maximum Gasteiger partial charge on any atom is 0.0963 e. The van der Waals surface area contributed by atoms with Crippen LogP contribution in [0.1, 0.15) is 42.7 Å². The number of aliphatic hydroxyl groups excluding tert-OH is 1. The third-order valence-electron chi connectivity index (χ3n) is 4.31. The molecule has 2 atom stereocenters. The maximum atomic E-state index is 10.6. The van der Waals surface area contributed by atoms with Crippen molar-refractivity contribution in [1.29, 1.82) is 0 Å². The minimum Gasteiger partial charge on any atom is -0.387 e. The molecule has 122 valence electrons. The Morgan fingerprint density at radius 2 is 2.14 bits per heavy atom. The minimum atomic E-state index is -0.471. The van der Waals surface area contributed by atoms with Crippen molar-refractivity contribution in [3.8, 4) is 0 Å². The Morgan fingerprint density at radius 3 is 2.77 bits per heavy atom. The van der Waals surface area contributed by atoms with Crippen molar-refractivity contribution in [2.24, 2.45) is 0 Å². The van der Waals surface area contributed by atoms with Gasteiger partial charge in [0.15, 0.2) is 0 Å². The highest BCUT2D eigenvalue weighted by Gasteiger charge is 2.25. The molecule has 0 bridgehead atoms. The molecule has 3 nitrogen and oxygen atoms in total. The quantitative estimate of drug-likeness (QED) is 0.893. The van der Waals surface area contributed by atoms with Crippen LogP contribution in [-0.4, -0.2) is 22.7 Å². The van der Waals surface area contributed by atoms with Crippen LogP contribution in [0.15, 0.2) is 24.3 Å². The summed E-state index contributed by atoms with van der Waals surface area (Å²) in [6, 6.07) is 8.44. The molecule has 0 saturated carbocycles. The topological polar surface area (TPSA) is 45.2 Å². The lowest BCUT2D eigenvalue weighted by Gasteiger charge is -2.20. The van der Waals surface area contributed by atoms with Crippen LogP contribution in [0.25, 0.3) is 10.9 Å². The zero-order chi connectivity index (χ0) is 14.1. The zero-order valence-electron chi connectivity index (χ0n) is 13.0. The molecule has 5 heteroatoms. The summed E-state index contributed by atoms with van der Waals surface area (Å²) >= 11 is 0. The summed E-state index contributed by atoms with van der Waals surface area (Å²) in [5.74, 6) is 0. The smallest absolute Gasteiger partial charge is 0.0963 e. The predicted molar refractivity (Wildman–Crippen MR) is 96.3 cm³/mol. The van der Waals surface area contributed by atoms with E-state index in [4.69, 9.17) is 4.98 Å². The average molecular weight is 343 g/mol. The molecule has 2 N–H and O–H groups in total. The van der Waals surface area contributed by atoms with E-state index in [0.29, 0.717) is 0 Å². The molecule has 1 aromatic carbocycles. The summed E-state index contributed by atoms with van der Waals surface area (Å²) in [6.45, 7) is 5.23. The van der Waals surface area contributed by atoms with Crippen LogP contribution in [0.4, 0.5) is 0 Å². The molecule has 1 aliphatic heterocycles. The second-order valence-electron chi connectivity index (χ2n) is 5.67. The molecule has 0 radical (unpaired) electrons. The van der Waals surface area contributed by atoms with Crippen LogP contribution in [0, 0.1) is 6.92 Å². The van der Waals surface area contributed by atoms with Crippen molar-refractivity contribution in [2.75, 3.05) is 6.54 Å². The Bertz CT molecular complexity index is 627. The molecular weight excluding hydrogens is 319 g/mol. The van der Waals surface area contributed by atoms with Gasteiger partial charge < -0.3 is 10.4 Å². The van der Waals surface area contributed by atoms with Gasteiger partial charge in [0.25, 0.3) is 0 Å². The number of aryl methyl sites for hydroxylation is 2. The van der Waals surface area contributed by atoms with Crippen LogP contribution >= 0.6 is 24.8 Å². The lowest BCUT2D eigenvalue weighted by molar-refractivity contribution is 0.139. The van der Waals surface area contributed by atoms with Crippen molar-refractivity contribution in [2.45, 2.75) is 45.3 Å². The van der Waals surface area contributed by atoms with E-state index in [9.17, 15) is 5.11 Å². The minimum absolute atomic E-state index is 0. The number of halogens is 2. The molecular formula is C17H24Cl2N2O. The van der Waals surface area contributed by atoms with Gasteiger partial charge in [-0.1, -0.05) is 25.1 Å². The molecule has 22 heavy (non-hydrogen) atoms. The van der Waals surface area contributed by atoms with Gasteiger partial charge in [-0.05, 0) is 44.4 Å². The number of nitrogens with zero attached hydrogens (tertiary/aromatic N) is 1. The van der Waals surface area contributed by atoms with Crippen LogP contribution in [-0.2, 0) is 6.42 Å². The van der Waals surface area contributed by atoms with Crippen molar-refractivity contribution in [3.63, 3.8) is 0 Å². The highest BCUT2D eigenvalue weighted by atomic mass is 35.5. The van der Waals surface area contributed by atoms with Crippen LogP contribution in [0.2, 0.25) is 0 Å². The molecule has 2 aromatic rings. The first kappa shape index (κ1) is 19.2. The summed E-state index contributed by atoms with van der Waals surface area (Å²) in [4.78, 5) is 4.80. The first-order valence-corrected chi connectivity index (χ1v) is 7.51. The van der Waals surface area contributed by atoms with Gasteiger partial charge in [0.05, 0.1) is 11.6 Å². The number of para-hydroxylation sites is 1. The van der Waals surface area contributed by atoms with Gasteiger partial charge in [-0.2, -0.15) is 0 Å². The monoisotopic (exact) mass is 342 g/mol. The zero-order valence-corrected chi connectivity index (χ0v) is 14.6. The first-order chi connectivity index (χ1) is 9.70. The molecule has 1 fully saturated rings. The van der Waals surface area contributed by atoms with E-state index in [1.165, 1.54) is 5.56 Å². The van der Waals surface area contributed by atoms with Crippen molar-refractivity contribution < 1.29 is 5.11 Å². The summed E-state index contributed by atoms with van der Waals surface area (Å²) in [5, 5.41) is 15.2. The van der Waals surface area contributed by atoms with E-state index in [0.717, 1.165) is 48.0 Å². The van der Waals surface area contributed by atoms with Gasteiger partial charge in [0.1, 0.15) is 0 Å². The number of hydrogen-bond acceptors (Lipinski definition) is 3. The molecule has 3 rings (SSSR count). The van der Waals surface area contributed by atoms with Gasteiger partial charge in [0, 0.05) is 22.7 Å². The van der Waals surface area contributed by atoms with Crippen LogP contribution in [0.5, 0.6) is 0 Å². The number of aromatic nitrogens is 1. The normalized spacial score (nSPS) is 18.6. The van der Waals surface area contributed by atoms with E-state index in [1.807, 2.05) is 12.1 Å². The van der Waals surface area contributed by atoms with Gasteiger partial charge in [-0.25, -0.2) is 0 Å². The van der Waals surface area contributed by atoms with Crippen molar-refractivity contribution in [3.05, 3.63) is 41.1 Å². The summed E-state index contributed by atoms with van der Waals surface area (Å²) < 4.78 is 0. The van der Waals surface area contributed by atoms with Crippen LogP contribution in [0.3, 0.4) is 0 Å². The fourth-order valence-electron chi connectivity index (χ4n) is 3.16. The second kappa shape index (κ2) is 8.11. The van der Waals surface area contributed by atoms with Gasteiger partial charge in [0.2, 0.25) is 0 Å². The molecule has 2 heterocycles. The predicted octanol–water partition coefficient (Wildman–Crippen LogP) is 3.73. The van der Waals surface area contributed by atoms with Crippen LogP contribution < -0.4 is 5.32 Å². The van der Waals surface area contributed by atoms with Gasteiger partial charge in [-0.3, -0.25) is 4.98 Å². The molecule has 0 amide bonds. The number of benzene rings is 1. The lowest BCUT2D eigenvalue weighted by Crippen LogP contribution is -2.28. The average Bonchev–Trinajstić information content (AvgIpc) is 2.99. The summed E-state index contributed by atoms with van der Waals surface area (Å²) in [7, 11) is 0. The van der Waals surface area contributed by atoms with E-state index >= 15 is 0 Å². The third kappa shape index (κ3) is 3.54. The number of hydrogen-bond donors (Lipinski definition) is 2. The Balaban J connectivity index is 0.00000121. The van der Waals surface area contributed by atoms with Crippen molar-refractivity contribution in [1.82, 2.24) is 10.3 Å². The molecule has 1 aliphatic rings. The van der Waals surface area contributed by atoms with E-state index in [-0.39, 0.29) is 30.9 Å². The van der Waals surface area contributed by atoms with Crippen molar-refractivity contribution >= 4 is 35.7 Å². The molecule has 0 spiro atoms. The highest BCUT2D eigenvalue weighted by molar-refractivity contribution is 5.85. The van der Waals surface area contributed by atoms with Gasteiger partial charge in [-0.15, -0.1) is 24.8 Å². The number of nitrogens with one attached hydrogen (secondary N) is 1. The Kier molecular flexibility index (Phi) is 7.07. The molecule has 1 aromatic heterocycles. The van der Waals surface area contributed by atoms with Gasteiger partial charge >= 0.3 is 0 Å². The Morgan fingerprint density at radius 1 is 1.36 bits per heavy atom.